The zero-order chi connectivity index (χ0) is 48.0. The molecule has 3 aliphatic rings. The highest BCUT2D eigenvalue weighted by atomic mass is 15.3. The zero-order valence-electron chi connectivity index (χ0n) is 39.6. The molecule has 0 spiro atoms. The normalized spacial score (nSPS) is 16.3. The third-order valence-electron chi connectivity index (χ3n) is 14.9. The monoisotopic (exact) mass is 935 g/mol. The number of anilines is 1. The fourth-order valence-electron chi connectivity index (χ4n) is 11.7. The number of hydrogen-bond acceptors (Lipinski definition) is 5. The summed E-state index contributed by atoms with van der Waals surface area (Å²) in [6, 6.07) is 86.7. The first kappa shape index (κ1) is 41.1. The van der Waals surface area contributed by atoms with Crippen LogP contribution in [-0.2, 0) is 0 Å². The van der Waals surface area contributed by atoms with Gasteiger partial charge in [0, 0.05) is 38.4 Å². The molecule has 5 heterocycles. The summed E-state index contributed by atoms with van der Waals surface area (Å²) in [6.45, 7) is 0. The van der Waals surface area contributed by atoms with Crippen LogP contribution in [-0.4, -0.2) is 27.1 Å². The van der Waals surface area contributed by atoms with Crippen LogP contribution in [0.5, 0.6) is 0 Å². The van der Waals surface area contributed by atoms with E-state index < -0.39 is 0 Å². The number of nitrogens with one attached hydrogen (secondary N) is 2. The van der Waals surface area contributed by atoms with Gasteiger partial charge in [-0.1, -0.05) is 188 Å². The smallest absolute Gasteiger partial charge is 0.209 e. The lowest BCUT2D eigenvalue weighted by Gasteiger charge is -2.32. The first-order valence-electron chi connectivity index (χ1n) is 25.0. The summed E-state index contributed by atoms with van der Waals surface area (Å²) in [5.41, 5.74) is 16.4. The van der Waals surface area contributed by atoms with Crippen molar-refractivity contribution < 1.29 is 0 Å². The minimum atomic E-state index is -0.160. The Kier molecular flexibility index (Phi) is 9.25. The molecule has 344 valence electrons. The van der Waals surface area contributed by atoms with Gasteiger partial charge in [0.25, 0.3) is 0 Å². The van der Waals surface area contributed by atoms with Crippen LogP contribution in [0.1, 0.15) is 28.3 Å². The molecular formula is C66H45N7. The van der Waals surface area contributed by atoms with Crippen molar-refractivity contribution in [2.45, 2.75) is 12.1 Å². The third-order valence-corrected chi connectivity index (χ3v) is 14.9. The number of fused-ring (bicyclic) bond motifs is 10. The average Bonchev–Trinajstić information content (AvgIpc) is 4.13. The second-order valence-electron chi connectivity index (χ2n) is 19.1. The standard InChI is InChI=1S/C66H45N7/c1-5-20-43(21-6-1)60-41-55-64(71(60)48-26-11-4-12-27-48)63(45-24-9-3-10-25-45)70-66(68-55)72-56-32-18-16-29-50(56)52-39-46(34-36-57(52)72)47-35-37-58-53(40-47)61-49-28-14-13-19-42(49)33-38-59(61)73(58)65-67-54-31-17-15-30-51(54)62(69-65)44-22-7-2-8-23-44/h1-41,55,62H,(H,67,69)(H,68,70). The van der Waals surface area contributed by atoms with Crippen LogP contribution < -0.4 is 15.5 Å². The molecule has 7 nitrogen and oxygen atoms in total. The maximum Gasteiger partial charge on any atom is 0.209 e. The second kappa shape index (κ2) is 16.4. The van der Waals surface area contributed by atoms with Crippen molar-refractivity contribution in [3.63, 3.8) is 0 Å². The number of nitrogens with zero attached hydrogens (tertiary/aromatic N) is 5. The van der Waals surface area contributed by atoms with Crippen LogP contribution in [0.15, 0.2) is 264 Å². The van der Waals surface area contributed by atoms with Crippen molar-refractivity contribution in [2.24, 2.45) is 9.98 Å². The van der Waals surface area contributed by atoms with Crippen LogP contribution in [0, 0.1) is 0 Å². The number of hydrogen-bond donors (Lipinski definition) is 2. The van der Waals surface area contributed by atoms with Crippen molar-refractivity contribution >= 4 is 89.1 Å². The largest absolute Gasteiger partial charge is 0.344 e. The van der Waals surface area contributed by atoms with E-state index in [1.54, 1.807) is 0 Å². The molecule has 0 radical (unpaired) electrons. The minimum Gasteiger partial charge on any atom is -0.344 e. The van der Waals surface area contributed by atoms with Gasteiger partial charge in [0.2, 0.25) is 11.9 Å². The van der Waals surface area contributed by atoms with Gasteiger partial charge in [0.1, 0.15) is 0 Å². The van der Waals surface area contributed by atoms with E-state index in [1.807, 2.05) is 0 Å². The van der Waals surface area contributed by atoms with Crippen LogP contribution in [0.2, 0.25) is 0 Å². The fraction of sp³-hybridized carbons (Fsp3) is 0.0303. The molecule has 2 unspecified atom stereocenters. The number of para-hydroxylation sites is 3. The number of benzene rings is 10. The van der Waals surface area contributed by atoms with E-state index in [0.29, 0.717) is 0 Å². The van der Waals surface area contributed by atoms with Gasteiger partial charge in [-0.15, -0.1) is 0 Å². The summed E-state index contributed by atoms with van der Waals surface area (Å²) >= 11 is 0. The summed E-state index contributed by atoms with van der Waals surface area (Å²) in [5.74, 6) is 1.58. The van der Waals surface area contributed by atoms with E-state index in [9.17, 15) is 0 Å². The van der Waals surface area contributed by atoms with Crippen LogP contribution in [0.4, 0.5) is 11.4 Å². The molecule has 73 heavy (non-hydrogen) atoms. The van der Waals surface area contributed by atoms with Gasteiger partial charge in [0.15, 0.2) is 0 Å². The van der Waals surface area contributed by atoms with E-state index in [0.717, 1.165) is 101 Å². The lowest BCUT2D eigenvalue weighted by Crippen LogP contribution is -2.43. The molecule has 0 fully saturated rings. The topological polar surface area (TPSA) is 61.9 Å². The minimum absolute atomic E-state index is 0.0610. The fourth-order valence-corrected chi connectivity index (χ4v) is 11.7. The van der Waals surface area contributed by atoms with Crippen molar-refractivity contribution in [3.8, 4) is 11.1 Å². The van der Waals surface area contributed by atoms with Gasteiger partial charge in [-0.3, -0.25) is 9.13 Å². The molecule has 0 saturated heterocycles. The van der Waals surface area contributed by atoms with E-state index in [2.05, 4.69) is 273 Å². The van der Waals surface area contributed by atoms with Gasteiger partial charge >= 0.3 is 0 Å². The maximum absolute atomic E-state index is 5.64. The molecule has 3 aliphatic heterocycles. The molecule has 7 heteroatoms. The highest BCUT2D eigenvalue weighted by Crippen LogP contribution is 2.45. The molecule has 15 rings (SSSR count). The van der Waals surface area contributed by atoms with Crippen molar-refractivity contribution in [1.29, 1.82) is 0 Å². The first-order valence-corrected chi connectivity index (χ1v) is 25.0. The van der Waals surface area contributed by atoms with E-state index >= 15 is 0 Å². The summed E-state index contributed by atoms with van der Waals surface area (Å²) in [5, 5.41) is 15.0. The molecule has 2 atom stereocenters. The Morgan fingerprint density at radius 2 is 0.973 bits per heavy atom. The molecule has 0 saturated carbocycles. The Morgan fingerprint density at radius 3 is 1.75 bits per heavy atom. The third kappa shape index (κ3) is 6.52. The summed E-state index contributed by atoms with van der Waals surface area (Å²) in [6.07, 6.45) is 2.36. The molecule has 2 N–H and O–H groups in total. The summed E-state index contributed by atoms with van der Waals surface area (Å²) in [7, 11) is 0. The molecular weight excluding hydrogens is 891 g/mol. The Labute approximate surface area is 421 Å². The van der Waals surface area contributed by atoms with E-state index in [-0.39, 0.29) is 12.1 Å². The van der Waals surface area contributed by atoms with Crippen LogP contribution >= 0.6 is 0 Å². The Balaban J connectivity index is 0.896. The molecule has 0 aliphatic carbocycles. The highest BCUT2D eigenvalue weighted by molar-refractivity contribution is 6.24. The second-order valence-corrected chi connectivity index (χ2v) is 19.1. The SMILES string of the molecule is C1=C(c2ccccc2)N(c2ccccc2)C2=C(c3ccccc3)N=C(n3c4ccccc4c4cc(-c5ccc6c(c5)c5c7ccccc7ccc5n6C5=Nc6ccccc6C(c6ccccc6)N5)ccc43)NC12. The first-order chi connectivity index (χ1) is 36.2. The maximum atomic E-state index is 5.64. The Bertz CT molecular complexity index is 4320. The van der Waals surface area contributed by atoms with Gasteiger partial charge in [-0.25, -0.2) is 9.98 Å². The summed E-state index contributed by atoms with van der Waals surface area (Å²) < 4.78 is 4.64. The molecule has 2 aromatic heterocycles. The lowest BCUT2D eigenvalue weighted by atomic mass is 9.96. The van der Waals surface area contributed by atoms with Gasteiger partial charge in [-0.05, 0) is 93.7 Å². The summed E-state index contributed by atoms with van der Waals surface area (Å²) in [4.78, 5) is 13.4. The lowest BCUT2D eigenvalue weighted by molar-refractivity contribution is 0.731. The number of aromatic nitrogens is 2. The molecule has 0 amide bonds. The van der Waals surface area contributed by atoms with Crippen molar-refractivity contribution in [2.75, 3.05) is 4.90 Å². The number of aliphatic imine (C=N–C) groups is 2. The van der Waals surface area contributed by atoms with Crippen molar-refractivity contribution in [1.82, 2.24) is 19.8 Å². The predicted molar refractivity (Wildman–Crippen MR) is 302 cm³/mol. The van der Waals surface area contributed by atoms with E-state index in [4.69, 9.17) is 9.98 Å². The molecule has 10 aromatic carbocycles. The van der Waals surface area contributed by atoms with E-state index in [1.165, 1.54) is 27.1 Å². The Hall–Kier alpha value is -9.72. The highest BCUT2D eigenvalue weighted by Gasteiger charge is 2.38. The molecule has 12 aromatic rings. The van der Waals surface area contributed by atoms with Gasteiger partial charge in [-0.2, -0.15) is 0 Å². The van der Waals surface area contributed by atoms with Gasteiger partial charge < -0.3 is 15.5 Å². The van der Waals surface area contributed by atoms with Crippen LogP contribution in [0.25, 0.3) is 76.9 Å². The molecule has 0 bridgehead atoms. The zero-order valence-corrected chi connectivity index (χ0v) is 39.6. The van der Waals surface area contributed by atoms with Crippen LogP contribution in [0.3, 0.4) is 0 Å². The van der Waals surface area contributed by atoms with Gasteiger partial charge in [0.05, 0.1) is 56.9 Å². The number of rotatable bonds is 5. The quantitative estimate of drug-likeness (QED) is 0.181. The predicted octanol–water partition coefficient (Wildman–Crippen LogP) is 15.1. The Morgan fingerprint density at radius 1 is 0.397 bits per heavy atom. The van der Waals surface area contributed by atoms with Crippen molar-refractivity contribution in [3.05, 3.63) is 277 Å². The average molecular weight is 936 g/mol.